The number of rotatable bonds is 4. The Morgan fingerprint density at radius 2 is 1.36 bits per heavy atom. The third kappa shape index (κ3) is 5.95. The second kappa shape index (κ2) is 11.1. The van der Waals surface area contributed by atoms with Crippen LogP contribution in [0.25, 0.3) is 55.7 Å². The van der Waals surface area contributed by atoms with Crippen molar-refractivity contribution in [3.8, 4) is 56.4 Å². The Morgan fingerprint density at radius 3 is 2.04 bits per heavy atom. The first-order valence-electron chi connectivity index (χ1n) is 15.7. The molecule has 3 nitrogen and oxygen atoms in total. The summed E-state index contributed by atoms with van der Waals surface area (Å²) in [5.74, 6) is 7.62. The van der Waals surface area contributed by atoms with Gasteiger partial charge in [-0.05, 0) is 0 Å². The summed E-state index contributed by atoms with van der Waals surface area (Å²) in [6.07, 6.45) is -2.64. The van der Waals surface area contributed by atoms with Gasteiger partial charge in [-0.3, -0.25) is 0 Å². The number of fused-ring (bicyclic) bond motifs is 2. The molecule has 0 unspecified atom stereocenters. The maximum atomic E-state index is 13.8. The van der Waals surface area contributed by atoms with Gasteiger partial charge in [0, 0.05) is 0 Å². The van der Waals surface area contributed by atoms with Crippen molar-refractivity contribution in [2.45, 2.75) is 49.6 Å². The van der Waals surface area contributed by atoms with E-state index in [1.54, 1.807) is 0 Å². The molecule has 47 heavy (non-hydrogen) atoms. The normalized spacial score (nSPS) is 13.0. The predicted molar refractivity (Wildman–Crippen MR) is 188 cm³/mol. The Bertz CT molecular complexity index is 2180. The van der Waals surface area contributed by atoms with Gasteiger partial charge in [-0.1, -0.05) is 30.3 Å². The Balaban J connectivity index is 1.47. The van der Waals surface area contributed by atoms with Gasteiger partial charge in [0.15, 0.2) is 0 Å². The van der Waals surface area contributed by atoms with Crippen LogP contribution in [0.2, 0.25) is 17.3 Å². The molecule has 0 radical (unpaired) electrons. The van der Waals surface area contributed by atoms with E-state index in [0.29, 0.717) is 17.0 Å². The van der Waals surface area contributed by atoms with E-state index in [1.807, 2.05) is 36.5 Å². The monoisotopic (exact) mass is 690 g/mol. The molecule has 0 bridgehead atoms. The number of pyridine rings is 2. The third-order valence-corrected chi connectivity index (χ3v) is 13.0. The van der Waals surface area contributed by atoms with Crippen LogP contribution in [0.1, 0.15) is 31.9 Å². The maximum absolute atomic E-state index is 13.8. The zero-order valence-electron chi connectivity index (χ0n) is 27.3. The Kier molecular flexibility index (Phi) is 7.36. The van der Waals surface area contributed by atoms with Gasteiger partial charge in [0.1, 0.15) is 0 Å². The Morgan fingerprint density at radius 1 is 0.638 bits per heavy atom. The zero-order chi connectivity index (χ0) is 33.3. The van der Waals surface area contributed by atoms with Crippen molar-refractivity contribution >= 4 is 28.4 Å². The first kappa shape index (κ1) is 31.2. The Labute approximate surface area is 275 Å². The second-order valence-corrected chi connectivity index (χ2v) is 25.0. The van der Waals surface area contributed by atoms with Gasteiger partial charge in [0.05, 0.1) is 0 Å². The number of hydrogen-bond acceptors (Lipinski definition) is 3. The van der Waals surface area contributed by atoms with Crippen LogP contribution in [0.15, 0.2) is 103 Å². The fourth-order valence-corrected chi connectivity index (χ4v) is 8.49. The summed E-state index contributed by atoms with van der Waals surface area (Å²) in [4.78, 5) is 9.95. The van der Waals surface area contributed by atoms with Crippen LogP contribution in [0.3, 0.4) is 0 Å². The molecule has 236 valence electrons. The molecule has 0 spiro atoms. The van der Waals surface area contributed by atoms with Gasteiger partial charge >= 0.3 is 246 Å². The van der Waals surface area contributed by atoms with Crippen LogP contribution in [0, 0.1) is 0 Å². The second-order valence-electron chi connectivity index (χ2n) is 14.3. The van der Waals surface area contributed by atoms with E-state index < -0.39 is 25.0 Å². The molecular weight excluding hydrogens is 654 g/mol. The van der Waals surface area contributed by atoms with Crippen molar-refractivity contribution in [3.63, 3.8) is 0 Å². The van der Waals surface area contributed by atoms with Crippen molar-refractivity contribution in [2.24, 2.45) is 0 Å². The molecule has 1 aliphatic heterocycles. The van der Waals surface area contributed by atoms with E-state index in [2.05, 4.69) is 86.6 Å². The molecule has 6 aromatic rings. The molecule has 0 saturated carbocycles. The van der Waals surface area contributed by atoms with Crippen molar-refractivity contribution in [2.75, 3.05) is 0 Å². The summed E-state index contributed by atoms with van der Waals surface area (Å²) in [6, 6.07) is 30.9. The van der Waals surface area contributed by atoms with Crippen LogP contribution in [0.4, 0.5) is 13.2 Å². The average molecular weight is 689 g/mol. The van der Waals surface area contributed by atoms with E-state index in [-0.39, 0.29) is 11.2 Å². The number of benzene rings is 4. The van der Waals surface area contributed by atoms with E-state index in [4.69, 9.17) is 14.7 Å². The number of nitrogens with zero attached hydrogens (tertiary/aromatic N) is 2. The Hall–Kier alpha value is -4.43. The number of hydrogen-bond donors (Lipinski definition) is 0. The molecule has 0 fully saturated rings. The number of aromatic nitrogens is 2. The molecule has 0 aliphatic carbocycles. The molecule has 0 atom stereocenters. The van der Waals surface area contributed by atoms with Crippen molar-refractivity contribution in [1.29, 1.82) is 0 Å². The van der Waals surface area contributed by atoms with Crippen LogP contribution < -0.4 is 9.13 Å². The average Bonchev–Trinajstić information content (AvgIpc) is 3.03. The molecule has 7 rings (SSSR count). The molecular formula is C40H35F3GeN2O. The molecule has 1 aliphatic rings. The van der Waals surface area contributed by atoms with Gasteiger partial charge < -0.3 is 0 Å². The molecule has 3 heterocycles. The van der Waals surface area contributed by atoms with E-state index in [1.165, 1.54) is 10.5 Å². The van der Waals surface area contributed by atoms with Crippen LogP contribution >= 0.6 is 0 Å². The van der Waals surface area contributed by atoms with Gasteiger partial charge in [-0.15, -0.1) is 0 Å². The summed E-state index contributed by atoms with van der Waals surface area (Å²) >= 11 is -2.39. The SMILES string of the molecule is CC(C)(C)c1cc(-c2cc(-c3ccccc3)ccn2)cc(-c2cc3c[c]([Ge]([CH3])([CH3])[CH3])cc4c3c(n2)-c2ccc(C(F)(F)F)cc2O4)c1. The van der Waals surface area contributed by atoms with Crippen LogP contribution in [0.5, 0.6) is 11.5 Å². The van der Waals surface area contributed by atoms with Gasteiger partial charge in [0.25, 0.3) is 0 Å². The van der Waals surface area contributed by atoms with Crippen molar-refractivity contribution in [1.82, 2.24) is 9.97 Å². The number of halogens is 3. The molecule has 7 heteroatoms. The number of ether oxygens (including phenoxy) is 1. The standard InChI is InChI=1S/C40H35F3GeN2O/c1-39(2,3)30-17-26(33-20-25(14-15-45-33)24-10-8-7-9-11-24)16-27(18-30)34-21-28-19-31(44(4,5)6)23-36-37(28)38(46-34)32-13-12-29(40(41,42)43)22-35(32)47-36/h7-23H,1-6H3. The molecule has 4 aromatic carbocycles. The molecule has 2 aromatic heterocycles. The topological polar surface area (TPSA) is 35.0 Å². The summed E-state index contributed by atoms with van der Waals surface area (Å²) in [7, 11) is 0. The molecule has 0 saturated heterocycles. The summed E-state index contributed by atoms with van der Waals surface area (Å²) in [5, 5.41) is 1.79. The fourth-order valence-electron chi connectivity index (χ4n) is 6.07. The minimum atomic E-state index is -4.48. The van der Waals surface area contributed by atoms with E-state index >= 15 is 0 Å². The zero-order valence-corrected chi connectivity index (χ0v) is 29.3. The minimum absolute atomic E-state index is 0.165. The molecule has 0 amide bonds. The first-order valence-corrected chi connectivity index (χ1v) is 23.1. The van der Waals surface area contributed by atoms with E-state index in [0.717, 1.165) is 62.1 Å². The summed E-state index contributed by atoms with van der Waals surface area (Å²) < 4.78 is 48.7. The van der Waals surface area contributed by atoms with Gasteiger partial charge in [-0.25, -0.2) is 0 Å². The van der Waals surface area contributed by atoms with E-state index in [9.17, 15) is 13.2 Å². The summed E-state index contributed by atoms with van der Waals surface area (Å²) in [5.41, 5.74) is 7.07. The fraction of sp³-hybridized carbons (Fsp3) is 0.200. The van der Waals surface area contributed by atoms with Crippen LogP contribution in [-0.4, -0.2) is 23.2 Å². The number of alkyl halides is 3. The van der Waals surface area contributed by atoms with Crippen LogP contribution in [-0.2, 0) is 11.6 Å². The third-order valence-electron chi connectivity index (χ3n) is 8.80. The summed E-state index contributed by atoms with van der Waals surface area (Å²) in [6.45, 7) is 6.55. The van der Waals surface area contributed by atoms with Crippen molar-refractivity contribution in [3.05, 3.63) is 114 Å². The van der Waals surface area contributed by atoms with Gasteiger partial charge in [0.2, 0.25) is 0 Å². The molecule has 0 N–H and O–H groups in total. The quantitative estimate of drug-likeness (QED) is 0.173. The van der Waals surface area contributed by atoms with Gasteiger partial charge in [-0.2, -0.15) is 0 Å². The first-order chi connectivity index (χ1) is 22.1. The predicted octanol–water partition coefficient (Wildman–Crippen LogP) is 11.3. The van der Waals surface area contributed by atoms with Crippen molar-refractivity contribution < 1.29 is 17.9 Å².